The van der Waals surface area contributed by atoms with Crippen molar-refractivity contribution in [3.8, 4) is 0 Å². The Bertz CT molecular complexity index is 897. The van der Waals surface area contributed by atoms with E-state index in [1.54, 1.807) is 24.3 Å². The Balaban J connectivity index is 1.96. The zero-order valence-electron chi connectivity index (χ0n) is 16.4. The van der Waals surface area contributed by atoms with Crippen LogP contribution in [-0.2, 0) is 23.0 Å². The zero-order chi connectivity index (χ0) is 20.6. The van der Waals surface area contributed by atoms with Crippen LogP contribution in [0.4, 0.5) is 0 Å². The highest BCUT2D eigenvalue weighted by Gasteiger charge is 2.16. The van der Waals surface area contributed by atoms with Gasteiger partial charge < -0.3 is 10.6 Å². The Morgan fingerprint density at radius 2 is 1.79 bits per heavy atom. The molecule has 0 spiro atoms. The molecule has 0 aliphatic rings. The summed E-state index contributed by atoms with van der Waals surface area (Å²) in [7, 11) is -0.373. The molecule has 8 heteroatoms. The van der Waals surface area contributed by atoms with Gasteiger partial charge in [-0.2, -0.15) is 0 Å². The first-order chi connectivity index (χ1) is 13.3. The number of nitrogens with one attached hydrogen (secondary N) is 2. The maximum atomic E-state index is 12.1. The summed E-state index contributed by atoms with van der Waals surface area (Å²) in [6, 6.07) is 14.6. The number of sulfonamides is 1. The normalized spacial score (nSPS) is 12.2. The number of nitrogens with zero attached hydrogens (tertiary/aromatic N) is 2. The second-order valence-corrected chi connectivity index (χ2v) is 9.02. The summed E-state index contributed by atoms with van der Waals surface area (Å²) in [5, 5.41) is 7.25. The number of guanidine groups is 1. The van der Waals surface area contributed by atoms with Gasteiger partial charge in [0.05, 0.1) is 11.4 Å². The third-order valence-corrected chi connectivity index (χ3v) is 6.13. The Kier molecular flexibility index (Phi) is 8.29. The first kappa shape index (κ1) is 22.2. The Labute approximate surface area is 172 Å². The highest BCUT2D eigenvalue weighted by Crippen LogP contribution is 2.14. The van der Waals surface area contributed by atoms with Gasteiger partial charge in [0.1, 0.15) is 0 Å². The van der Waals surface area contributed by atoms with E-state index in [4.69, 9.17) is 11.6 Å². The summed E-state index contributed by atoms with van der Waals surface area (Å²) < 4.78 is 25.4. The van der Waals surface area contributed by atoms with Crippen molar-refractivity contribution < 1.29 is 8.42 Å². The third kappa shape index (κ3) is 6.51. The fraction of sp³-hybridized carbons (Fsp3) is 0.350. The van der Waals surface area contributed by atoms with Gasteiger partial charge in [-0.1, -0.05) is 35.9 Å². The molecular formula is C20H27ClN4O2S. The molecule has 6 nitrogen and oxygen atoms in total. The monoisotopic (exact) mass is 422 g/mol. The molecule has 2 N–H and O–H groups in total. The number of rotatable bonds is 8. The van der Waals surface area contributed by atoms with Gasteiger partial charge in [0.15, 0.2) is 5.96 Å². The number of aliphatic imine (C=N–C) groups is 1. The predicted molar refractivity (Wildman–Crippen MR) is 115 cm³/mol. The molecule has 0 saturated heterocycles. The van der Waals surface area contributed by atoms with Crippen LogP contribution in [0.15, 0.2) is 58.4 Å². The van der Waals surface area contributed by atoms with Gasteiger partial charge in [-0.3, -0.25) is 0 Å². The van der Waals surface area contributed by atoms with Crippen molar-refractivity contribution in [3.05, 3.63) is 64.7 Å². The van der Waals surface area contributed by atoms with Crippen molar-refractivity contribution in [1.29, 1.82) is 0 Å². The van der Waals surface area contributed by atoms with Crippen molar-refractivity contribution >= 4 is 27.6 Å². The lowest BCUT2D eigenvalue weighted by Crippen LogP contribution is -2.38. The summed E-state index contributed by atoms with van der Waals surface area (Å²) >= 11 is 6.01. The summed E-state index contributed by atoms with van der Waals surface area (Å²) in [6.07, 6.45) is 0.835. The number of hydrogen-bond donors (Lipinski definition) is 2. The van der Waals surface area contributed by atoms with Crippen molar-refractivity contribution in [2.45, 2.75) is 24.8 Å². The lowest BCUT2D eigenvalue weighted by molar-refractivity contribution is 0.520. The highest BCUT2D eigenvalue weighted by atomic mass is 35.5. The molecule has 0 atom stereocenters. The van der Waals surface area contributed by atoms with Crippen LogP contribution in [0, 0.1) is 0 Å². The molecule has 2 aromatic carbocycles. The molecule has 0 amide bonds. The van der Waals surface area contributed by atoms with E-state index in [9.17, 15) is 8.42 Å². The van der Waals surface area contributed by atoms with E-state index in [0.29, 0.717) is 6.54 Å². The van der Waals surface area contributed by atoms with Gasteiger partial charge in [-0.15, -0.1) is 0 Å². The molecule has 0 saturated carbocycles. The van der Waals surface area contributed by atoms with Crippen molar-refractivity contribution in [2.24, 2.45) is 4.99 Å². The lowest BCUT2D eigenvalue weighted by atomic mass is 10.1. The summed E-state index contributed by atoms with van der Waals surface area (Å²) in [5.41, 5.74) is 2.10. The minimum atomic E-state index is -3.41. The van der Waals surface area contributed by atoms with Crippen LogP contribution in [0.1, 0.15) is 18.1 Å². The van der Waals surface area contributed by atoms with Gasteiger partial charge in [-0.05, 0) is 48.7 Å². The van der Waals surface area contributed by atoms with E-state index in [0.717, 1.165) is 41.6 Å². The van der Waals surface area contributed by atoms with Crippen molar-refractivity contribution in [3.63, 3.8) is 0 Å². The Hall–Kier alpha value is -2.09. The van der Waals surface area contributed by atoms with Gasteiger partial charge in [0.25, 0.3) is 0 Å². The molecule has 28 heavy (non-hydrogen) atoms. The minimum absolute atomic E-state index is 0.275. The van der Waals surface area contributed by atoms with Gasteiger partial charge in [0, 0.05) is 32.2 Å². The van der Waals surface area contributed by atoms with Gasteiger partial charge in [-0.25, -0.2) is 17.7 Å². The van der Waals surface area contributed by atoms with E-state index in [1.807, 2.05) is 31.2 Å². The summed E-state index contributed by atoms with van der Waals surface area (Å²) in [4.78, 5) is 4.84. The van der Waals surface area contributed by atoms with Crippen LogP contribution < -0.4 is 10.6 Å². The molecule has 0 bridgehead atoms. The van der Waals surface area contributed by atoms with E-state index >= 15 is 0 Å². The molecule has 152 valence electrons. The molecule has 0 aliphatic heterocycles. The molecular weight excluding hydrogens is 396 g/mol. The minimum Gasteiger partial charge on any atom is -0.357 e. The van der Waals surface area contributed by atoms with Crippen molar-refractivity contribution in [1.82, 2.24) is 14.9 Å². The molecule has 0 aliphatic carbocycles. The molecule has 0 fully saturated rings. The number of hydrogen-bond acceptors (Lipinski definition) is 3. The van der Waals surface area contributed by atoms with Crippen LogP contribution in [-0.4, -0.2) is 45.9 Å². The van der Waals surface area contributed by atoms with Crippen molar-refractivity contribution in [2.75, 3.05) is 27.2 Å². The average Bonchev–Trinajstić information content (AvgIpc) is 2.66. The zero-order valence-corrected chi connectivity index (χ0v) is 18.0. The fourth-order valence-electron chi connectivity index (χ4n) is 2.51. The first-order valence-electron chi connectivity index (χ1n) is 9.11. The second-order valence-electron chi connectivity index (χ2n) is 6.43. The Morgan fingerprint density at radius 1 is 1.07 bits per heavy atom. The second kappa shape index (κ2) is 10.5. The fourth-order valence-corrected chi connectivity index (χ4v) is 3.62. The first-order valence-corrected chi connectivity index (χ1v) is 10.9. The topological polar surface area (TPSA) is 73.8 Å². The van der Waals surface area contributed by atoms with Crippen LogP contribution in [0.3, 0.4) is 0 Å². The lowest BCUT2D eigenvalue weighted by Gasteiger charge is -2.12. The van der Waals surface area contributed by atoms with Crippen LogP contribution in [0.5, 0.6) is 0 Å². The standard InChI is InChI=1S/C20H27ClN4O2S/c1-4-22-20(23-13-12-16-6-5-7-18(21)14-16)24-15-17-8-10-19(11-9-17)28(26,27)25(2)3/h5-11,14H,4,12-13,15H2,1-3H3,(H2,22,23,24). The van der Waals surface area contributed by atoms with E-state index in [2.05, 4.69) is 15.6 Å². The van der Waals surface area contributed by atoms with Crippen LogP contribution >= 0.6 is 11.6 Å². The number of benzene rings is 2. The quantitative estimate of drug-likeness (QED) is 0.506. The maximum absolute atomic E-state index is 12.1. The summed E-state index contributed by atoms with van der Waals surface area (Å²) in [6.45, 7) is 3.94. The molecule has 0 unspecified atom stereocenters. The summed E-state index contributed by atoms with van der Waals surface area (Å²) in [5.74, 6) is 0.717. The van der Waals surface area contributed by atoms with Gasteiger partial charge >= 0.3 is 0 Å². The molecule has 0 heterocycles. The molecule has 2 aromatic rings. The SMILES string of the molecule is CCNC(=NCc1ccc(S(=O)(=O)N(C)C)cc1)NCCc1cccc(Cl)c1. The predicted octanol–water partition coefficient (Wildman–Crippen LogP) is 2.89. The van der Waals surface area contributed by atoms with Gasteiger partial charge in [0.2, 0.25) is 10.0 Å². The third-order valence-electron chi connectivity index (χ3n) is 4.06. The van der Waals surface area contributed by atoms with E-state index in [1.165, 1.54) is 18.4 Å². The van der Waals surface area contributed by atoms with E-state index < -0.39 is 10.0 Å². The molecule has 2 rings (SSSR count). The number of halogens is 1. The smallest absolute Gasteiger partial charge is 0.242 e. The largest absolute Gasteiger partial charge is 0.357 e. The maximum Gasteiger partial charge on any atom is 0.242 e. The molecule has 0 radical (unpaired) electrons. The van der Waals surface area contributed by atoms with Crippen LogP contribution in [0.25, 0.3) is 0 Å². The Morgan fingerprint density at radius 3 is 2.39 bits per heavy atom. The van der Waals surface area contributed by atoms with Crippen LogP contribution in [0.2, 0.25) is 5.02 Å². The van der Waals surface area contributed by atoms with E-state index in [-0.39, 0.29) is 4.90 Å². The molecule has 0 aromatic heterocycles. The average molecular weight is 423 g/mol. The highest BCUT2D eigenvalue weighted by molar-refractivity contribution is 7.89.